The van der Waals surface area contributed by atoms with Gasteiger partial charge in [-0.15, -0.1) is 0 Å². The van der Waals surface area contributed by atoms with Gasteiger partial charge in [-0.2, -0.15) is 5.10 Å². The normalized spacial score (nSPS) is 17.2. The smallest absolute Gasteiger partial charge is 0.221 e. The molecule has 0 radical (unpaired) electrons. The maximum Gasteiger partial charge on any atom is 0.221 e. The van der Waals surface area contributed by atoms with Crippen molar-refractivity contribution in [2.24, 2.45) is 23.9 Å². The van der Waals surface area contributed by atoms with Crippen LogP contribution in [0.4, 0.5) is 0 Å². The second kappa shape index (κ2) is 10.8. The summed E-state index contributed by atoms with van der Waals surface area (Å²) in [5.41, 5.74) is 8.46. The van der Waals surface area contributed by atoms with Crippen molar-refractivity contribution in [2.45, 2.75) is 46.6 Å². The lowest BCUT2D eigenvalue weighted by Crippen LogP contribution is -2.31. The summed E-state index contributed by atoms with van der Waals surface area (Å²) in [6.07, 6.45) is 1.14. The third-order valence-electron chi connectivity index (χ3n) is 7.59. The second-order valence-electron chi connectivity index (χ2n) is 10.1. The van der Waals surface area contributed by atoms with Crippen molar-refractivity contribution in [2.75, 3.05) is 21.3 Å². The molecule has 2 atom stereocenters. The number of nitrogens with one attached hydrogen (secondary N) is 1. The van der Waals surface area contributed by atoms with E-state index in [1.54, 1.807) is 21.3 Å². The molecule has 1 aliphatic rings. The van der Waals surface area contributed by atoms with Crippen LogP contribution in [0.25, 0.3) is 11.1 Å². The lowest BCUT2D eigenvalue weighted by molar-refractivity contribution is -0.121. The first kappa shape index (κ1) is 26.5. The van der Waals surface area contributed by atoms with Gasteiger partial charge in [-0.05, 0) is 55.4 Å². The van der Waals surface area contributed by atoms with Crippen LogP contribution in [0.3, 0.4) is 0 Å². The van der Waals surface area contributed by atoms with Crippen LogP contribution in [0, 0.1) is 25.7 Å². The lowest BCUT2D eigenvalue weighted by atomic mass is 9.81. The Hall–Kier alpha value is -3.61. The number of aryl methyl sites for hydroxylation is 2. The van der Waals surface area contributed by atoms with E-state index in [0.717, 1.165) is 51.3 Å². The van der Waals surface area contributed by atoms with Gasteiger partial charge in [0.2, 0.25) is 5.91 Å². The van der Waals surface area contributed by atoms with E-state index in [1.165, 1.54) is 0 Å². The number of methoxy groups -OCH3 is 2. The molecular formula is C30H38N4O3. The van der Waals surface area contributed by atoms with Crippen LogP contribution >= 0.6 is 0 Å². The number of rotatable bonds is 7. The topological polar surface area (TPSA) is 77.7 Å². The maximum atomic E-state index is 12.5. The minimum Gasteiger partial charge on any atom is -0.493 e. The van der Waals surface area contributed by atoms with Gasteiger partial charge in [0.1, 0.15) is 0 Å². The van der Waals surface area contributed by atoms with Crippen LogP contribution in [0.5, 0.6) is 11.5 Å². The summed E-state index contributed by atoms with van der Waals surface area (Å²) >= 11 is 0. The molecule has 2 aromatic carbocycles. The summed E-state index contributed by atoms with van der Waals surface area (Å²) in [6.45, 7) is 8.53. The monoisotopic (exact) mass is 502 g/mol. The summed E-state index contributed by atoms with van der Waals surface area (Å²) in [5.74, 6) is 1.91. The molecule has 1 amide bonds. The molecule has 1 aliphatic heterocycles. The number of fused-ring (bicyclic) bond motifs is 1. The van der Waals surface area contributed by atoms with E-state index < -0.39 is 0 Å². The highest BCUT2D eigenvalue weighted by molar-refractivity contribution is 6.14. The van der Waals surface area contributed by atoms with E-state index in [1.807, 2.05) is 24.7 Å². The van der Waals surface area contributed by atoms with Gasteiger partial charge >= 0.3 is 0 Å². The SMILES string of the molecule is CNC(=O)CC1N=C(c2ccc(-c3c(C)nn(C)c3C)cc2)c2cc(OC)c(OC)cc2CC1C(C)C. The Balaban J connectivity index is 1.89. The Bertz CT molecular complexity index is 1320. The zero-order chi connectivity index (χ0) is 26.9. The Morgan fingerprint density at radius 2 is 1.70 bits per heavy atom. The number of ether oxygens (including phenoxy) is 2. The average molecular weight is 503 g/mol. The van der Waals surface area contributed by atoms with E-state index in [0.29, 0.717) is 23.8 Å². The summed E-state index contributed by atoms with van der Waals surface area (Å²) in [4.78, 5) is 17.8. The minimum atomic E-state index is -0.151. The van der Waals surface area contributed by atoms with Crippen molar-refractivity contribution in [1.82, 2.24) is 15.1 Å². The van der Waals surface area contributed by atoms with Crippen molar-refractivity contribution in [3.05, 3.63) is 64.5 Å². The highest BCUT2D eigenvalue weighted by atomic mass is 16.5. The summed E-state index contributed by atoms with van der Waals surface area (Å²) in [6, 6.07) is 12.4. The molecule has 4 rings (SSSR count). The zero-order valence-electron chi connectivity index (χ0n) is 23.2. The van der Waals surface area contributed by atoms with E-state index in [4.69, 9.17) is 14.5 Å². The number of carbonyl (C=O) groups excluding carboxylic acids is 1. The second-order valence-corrected chi connectivity index (χ2v) is 10.1. The van der Waals surface area contributed by atoms with Gasteiger partial charge in [0, 0.05) is 42.9 Å². The number of benzene rings is 2. The van der Waals surface area contributed by atoms with Crippen molar-refractivity contribution < 1.29 is 14.3 Å². The molecule has 2 unspecified atom stereocenters. The Labute approximate surface area is 219 Å². The molecule has 0 bridgehead atoms. The van der Waals surface area contributed by atoms with Crippen LogP contribution in [0.2, 0.25) is 0 Å². The van der Waals surface area contributed by atoms with Gasteiger partial charge < -0.3 is 14.8 Å². The van der Waals surface area contributed by atoms with E-state index in [9.17, 15) is 4.79 Å². The number of hydrogen-bond donors (Lipinski definition) is 1. The molecule has 1 N–H and O–H groups in total. The predicted octanol–water partition coefficient (Wildman–Crippen LogP) is 4.89. The largest absolute Gasteiger partial charge is 0.493 e. The number of aromatic nitrogens is 2. The van der Waals surface area contributed by atoms with Crippen LogP contribution < -0.4 is 14.8 Å². The molecule has 196 valence electrons. The molecule has 0 aliphatic carbocycles. The molecule has 37 heavy (non-hydrogen) atoms. The third-order valence-corrected chi connectivity index (χ3v) is 7.59. The summed E-state index contributed by atoms with van der Waals surface area (Å²) < 4.78 is 13.2. The quantitative estimate of drug-likeness (QED) is 0.499. The third kappa shape index (κ3) is 5.13. The number of hydrogen-bond acceptors (Lipinski definition) is 5. The number of amides is 1. The first-order valence-electron chi connectivity index (χ1n) is 12.8. The van der Waals surface area contributed by atoms with E-state index >= 15 is 0 Å². The fraction of sp³-hybridized carbons (Fsp3) is 0.433. The van der Waals surface area contributed by atoms with Crippen molar-refractivity contribution in [3.63, 3.8) is 0 Å². The van der Waals surface area contributed by atoms with Gasteiger partial charge in [0.25, 0.3) is 0 Å². The fourth-order valence-electron chi connectivity index (χ4n) is 5.42. The molecule has 2 heterocycles. The molecule has 3 aromatic rings. The number of aliphatic imine (C=N–C) groups is 1. The van der Waals surface area contributed by atoms with Crippen LogP contribution in [0.15, 0.2) is 41.4 Å². The first-order valence-corrected chi connectivity index (χ1v) is 12.8. The molecule has 7 nitrogen and oxygen atoms in total. The predicted molar refractivity (Wildman–Crippen MR) is 148 cm³/mol. The van der Waals surface area contributed by atoms with Gasteiger partial charge in [0.05, 0.1) is 31.7 Å². The first-order chi connectivity index (χ1) is 17.7. The van der Waals surface area contributed by atoms with Crippen molar-refractivity contribution in [3.8, 4) is 22.6 Å². The minimum absolute atomic E-state index is 0.00209. The molecule has 0 fully saturated rings. The highest BCUT2D eigenvalue weighted by Crippen LogP contribution is 2.38. The van der Waals surface area contributed by atoms with Gasteiger partial charge in [-0.1, -0.05) is 38.1 Å². The molecular weight excluding hydrogens is 464 g/mol. The van der Waals surface area contributed by atoms with Crippen molar-refractivity contribution >= 4 is 11.6 Å². The van der Waals surface area contributed by atoms with Gasteiger partial charge in [-0.3, -0.25) is 14.5 Å². The Morgan fingerprint density at radius 1 is 1.08 bits per heavy atom. The highest BCUT2D eigenvalue weighted by Gasteiger charge is 2.32. The molecule has 0 saturated heterocycles. The summed E-state index contributed by atoms with van der Waals surface area (Å²) in [7, 11) is 6.96. The van der Waals surface area contributed by atoms with Crippen LogP contribution in [-0.2, 0) is 18.3 Å². The van der Waals surface area contributed by atoms with Gasteiger partial charge in [0.15, 0.2) is 11.5 Å². The molecule has 0 saturated carbocycles. The Morgan fingerprint density at radius 3 is 2.24 bits per heavy atom. The standard InChI is InChI=1S/C30H38N4O3/c1-17(2)23-13-22-14-26(36-7)27(37-8)15-24(22)30(32-25(23)16-28(35)31-5)21-11-9-20(10-12-21)29-18(3)33-34(6)19(29)4/h9-12,14-15,17,23,25H,13,16H2,1-8H3,(H,31,35). The fourth-order valence-corrected chi connectivity index (χ4v) is 5.42. The van der Waals surface area contributed by atoms with Crippen molar-refractivity contribution in [1.29, 1.82) is 0 Å². The lowest BCUT2D eigenvalue weighted by Gasteiger charge is -2.26. The van der Waals surface area contributed by atoms with Gasteiger partial charge in [-0.25, -0.2) is 0 Å². The molecule has 1 aromatic heterocycles. The summed E-state index contributed by atoms with van der Waals surface area (Å²) in [5, 5.41) is 7.36. The van der Waals surface area contributed by atoms with Crippen LogP contribution in [-0.4, -0.2) is 48.7 Å². The Kier molecular flexibility index (Phi) is 7.71. The average Bonchev–Trinajstić information content (AvgIpc) is 3.05. The maximum absolute atomic E-state index is 12.5. The molecule has 7 heteroatoms. The molecule has 0 spiro atoms. The van der Waals surface area contributed by atoms with E-state index in [-0.39, 0.29) is 17.9 Å². The number of carbonyl (C=O) groups is 1. The van der Waals surface area contributed by atoms with Crippen LogP contribution in [0.1, 0.15) is 48.3 Å². The zero-order valence-corrected chi connectivity index (χ0v) is 23.2. The number of nitrogens with zero attached hydrogens (tertiary/aromatic N) is 3. The van der Waals surface area contributed by atoms with E-state index in [2.05, 4.69) is 61.5 Å².